The molecular formula is C12H15ClN4O4. The third kappa shape index (κ3) is 3.07. The number of carbonyl (C=O) groups excluding carboxylic acids is 1. The standard InChI is InChI=1S/C12H15ClN4O4/c1-16(8-2-3-21-6-8)12(18)7-4-9(13)11(15-14)10(5-7)17(19)20/h4-5,8,15H,2-3,6,14H2,1H3. The van der Waals surface area contributed by atoms with Crippen molar-refractivity contribution in [1.82, 2.24) is 4.90 Å². The van der Waals surface area contributed by atoms with Gasteiger partial charge in [0.25, 0.3) is 11.6 Å². The number of halogens is 1. The minimum Gasteiger partial charge on any atom is -0.379 e. The van der Waals surface area contributed by atoms with Crippen LogP contribution in [0.25, 0.3) is 0 Å². The van der Waals surface area contributed by atoms with Crippen molar-refractivity contribution >= 4 is 28.9 Å². The highest BCUT2D eigenvalue weighted by Crippen LogP contribution is 2.33. The fourth-order valence-corrected chi connectivity index (χ4v) is 2.47. The number of nitrogens with two attached hydrogens (primary N) is 1. The van der Waals surface area contributed by atoms with Gasteiger partial charge in [0, 0.05) is 25.3 Å². The Morgan fingerprint density at radius 1 is 1.62 bits per heavy atom. The van der Waals surface area contributed by atoms with Gasteiger partial charge < -0.3 is 15.1 Å². The van der Waals surface area contributed by atoms with Crippen LogP contribution in [-0.2, 0) is 4.74 Å². The van der Waals surface area contributed by atoms with Crippen LogP contribution in [0.3, 0.4) is 0 Å². The number of nitro groups is 1. The minimum absolute atomic E-state index is 0.0196. The molecule has 1 aliphatic rings. The smallest absolute Gasteiger partial charge is 0.295 e. The Kier molecular flexibility index (Phi) is 4.61. The van der Waals surface area contributed by atoms with Crippen LogP contribution in [0.15, 0.2) is 12.1 Å². The highest BCUT2D eigenvalue weighted by Gasteiger charge is 2.27. The summed E-state index contributed by atoms with van der Waals surface area (Å²) < 4.78 is 5.23. The van der Waals surface area contributed by atoms with E-state index in [4.69, 9.17) is 22.2 Å². The first-order chi connectivity index (χ1) is 9.95. The lowest BCUT2D eigenvalue weighted by Crippen LogP contribution is -2.37. The lowest BCUT2D eigenvalue weighted by Gasteiger charge is -2.23. The second-order valence-electron chi connectivity index (χ2n) is 4.69. The molecule has 21 heavy (non-hydrogen) atoms. The zero-order valence-corrected chi connectivity index (χ0v) is 12.1. The monoisotopic (exact) mass is 314 g/mol. The van der Waals surface area contributed by atoms with E-state index in [0.717, 1.165) is 12.5 Å². The normalized spacial score (nSPS) is 17.6. The molecule has 0 aromatic heterocycles. The van der Waals surface area contributed by atoms with Gasteiger partial charge in [-0.1, -0.05) is 11.6 Å². The third-order valence-electron chi connectivity index (χ3n) is 3.43. The molecule has 2 rings (SSSR count). The van der Waals surface area contributed by atoms with Gasteiger partial charge in [0.1, 0.15) is 5.69 Å². The van der Waals surface area contributed by atoms with Crippen molar-refractivity contribution < 1.29 is 14.5 Å². The number of nitrogens with zero attached hydrogens (tertiary/aromatic N) is 2. The first kappa shape index (κ1) is 15.5. The minimum atomic E-state index is -0.642. The number of nitrogens with one attached hydrogen (secondary N) is 1. The first-order valence-electron chi connectivity index (χ1n) is 6.25. The van der Waals surface area contributed by atoms with Gasteiger partial charge in [-0.25, -0.2) is 0 Å². The van der Waals surface area contributed by atoms with Gasteiger partial charge in [-0.2, -0.15) is 0 Å². The Labute approximate surface area is 125 Å². The van der Waals surface area contributed by atoms with E-state index in [-0.39, 0.29) is 33.9 Å². The van der Waals surface area contributed by atoms with Crippen molar-refractivity contribution in [2.45, 2.75) is 12.5 Å². The number of ether oxygens (including phenoxy) is 1. The SMILES string of the molecule is CN(C(=O)c1cc(Cl)c(NN)c([N+](=O)[O-])c1)C1CCOC1. The largest absolute Gasteiger partial charge is 0.379 e. The second-order valence-corrected chi connectivity index (χ2v) is 5.09. The van der Waals surface area contributed by atoms with E-state index in [0.29, 0.717) is 13.2 Å². The van der Waals surface area contributed by atoms with E-state index in [9.17, 15) is 14.9 Å². The molecule has 114 valence electrons. The van der Waals surface area contributed by atoms with Gasteiger partial charge in [-0.15, -0.1) is 0 Å². The molecule has 1 saturated heterocycles. The van der Waals surface area contributed by atoms with Crippen LogP contribution in [0.1, 0.15) is 16.8 Å². The Bertz CT molecular complexity index is 575. The molecule has 1 aromatic rings. The number of hydrogen-bond donors (Lipinski definition) is 2. The molecule has 9 heteroatoms. The molecule has 0 bridgehead atoms. The van der Waals surface area contributed by atoms with Gasteiger partial charge in [0.15, 0.2) is 0 Å². The second kappa shape index (κ2) is 6.25. The zero-order chi connectivity index (χ0) is 15.6. The average molecular weight is 315 g/mol. The molecule has 0 radical (unpaired) electrons. The van der Waals surface area contributed by atoms with Gasteiger partial charge >= 0.3 is 0 Å². The summed E-state index contributed by atoms with van der Waals surface area (Å²) in [6, 6.07) is 2.48. The van der Waals surface area contributed by atoms with Crippen LogP contribution < -0.4 is 11.3 Å². The molecule has 1 aliphatic heterocycles. The molecule has 3 N–H and O–H groups in total. The van der Waals surface area contributed by atoms with E-state index < -0.39 is 4.92 Å². The molecule has 8 nitrogen and oxygen atoms in total. The van der Waals surface area contributed by atoms with Crippen LogP contribution in [0, 0.1) is 10.1 Å². The molecule has 1 aromatic carbocycles. The summed E-state index contributed by atoms with van der Waals surface area (Å²) in [7, 11) is 1.64. The van der Waals surface area contributed by atoms with Gasteiger partial charge in [0.2, 0.25) is 0 Å². The third-order valence-corrected chi connectivity index (χ3v) is 3.73. The number of rotatable bonds is 4. The van der Waals surface area contributed by atoms with Gasteiger partial charge in [-0.3, -0.25) is 20.8 Å². The summed E-state index contributed by atoms with van der Waals surface area (Å²) in [6.07, 6.45) is 0.737. The molecule has 1 heterocycles. The van der Waals surface area contributed by atoms with E-state index in [2.05, 4.69) is 5.43 Å². The first-order valence-corrected chi connectivity index (χ1v) is 6.63. The molecular weight excluding hydrogens is 300 g/mol. The Morgan fingerprint density at radius 3 is 2.86 bits per heavy atom. The van der Waals surface area contributed by atoms with Crippen molar-refractivity contribution in [3.63, 3.8) is 0 Å². The maximum atomic E-state index is 12.4. The van der Waals surface area contributed by atoms with Crippen molar-refractivity contribution in [2.75, 3.05) is 25.7 Å². The van der Waals surface area contributed by atoms with E-state index in [1.807, 2.05) is 0 Å². The number of likely N-dealkylation sites (N-methyl/N-ethyl adjacent to an activating group) is 1. The number of hydrazine groups is 1. The van der Waals surface area contributed by atoms with E-state index in [1.165, 1.54) is 11.0 Å². The maximum Gasteiger partial charge on any atom is 0.295 e. The molecule has 0 spiro atoms. The molecule has 0 saturated carbocycles. The van der Waals surface area contributed by atoms with Crippen molar-refractivity contribution in [1.29, 1.82) is 0 Å². The van der Waals surface area contributed by atoms with Crippen LogP contribution >= 0.6 is 11.6 Å². The quantitative estimate of drug-likeness (QED) is 0.493. The van der Waals surface area contributed by atoms with E-state index >= 15 is 0 Å². The van der Waals surface area contributed by atoms with Crippen LogP contribution in [-0.4, -0.2) is 42.0 Å². The number of nitro benzene ring substituents is 1. The Morgan fingerprint density at radius 2 is 2.33 bits per heavy atom. The number of anilines is 1. The summed E-state index contributed by atoms with van der Waals surface area (Å²) in [5.41, 5.74) is 1.95. The molecule has 1 amide bonds. The van der Waals surface area contributed by atoms with Crippen molar-refractivity contribution in [3.05, 3.63) is 32.8 Å². The fourth-order valence-electron chi connectivity index (χ4n) is 2.20. The van der Waals surface area contributed by atoms with Crippen LogP contribution in [0.4, 0.5) is 11.4 Å². The summed E-state index contributed by atoms with van der Waals surface area (Å²) in [5, 5.41) is 11.1. The topological polar surface area (TPSA) is 111 Å². The summed E-state index contributed by atoms with van der Waals surface area (Å²) in [6.45, 7) is 1.06. The van der Waals surface area contributed by atoms with Gasteiger partial charge in [-0.05, 0) is 12.5 Å². The lowest BCUT2D eigenvalue weighted by molar-refractivity contribution is -0.384. The molecule has 1 fully saturated rings. The molecule has 1 unspecified atom stereocenters. The number of benzene rings is 1. The van der Waals surface area contributed by atoms with Crippen LogP contribution in [0.2, 0.25) is 5.02 Å². The van der Waals surface area contributed by atoms with E-state index in [1.54, 1.807) is 7.05 Å². The maximum absolute atomic E-state index is 12.4. The van der Waals surface area contributed by atoms with Gasteiger partial charge in [0.05, 0.1) is 22.6 Å². The Balaban J connectivity index is 2.35. The number of hydrogen-bond acceptors (Lipinski definition) is 6. The number of nitrogen functional groups attached to an aromatic ring is 1. The highest BCUT2D eigenvalue weighted by molar-refractivity contribution is 6.34. The van der Waals surface area contributed by atoms with Crippen molar-refractivity contribution in [2.24, 2.45) is 5.84 Å². The summed E-state index contributed by atoms with van der Waals surface area (Å²) in [5.74, 6) is 4.88. The number of amides is 1. The zero-order valence-electron chi connectivity index (χ0n) is 11.3. The van der Waals surface area contributed by atoms with Crippen molar-refractivity contribution in [3.8, 4) is 0 Å². The summed E-state index contributed by atoms with van der Waals surface area (Å²) >= 11 is 5.94. The fraction of sp³-hybridized carbons (Fsp3) is 0.417. The predicted octanol–water partition coefficient (Wildman–Crippen LogP) is 1.39. The number of carbonyl (C=O) groups is 1. The molecule has 0 aliphatic carbocycles. The lowest BCUT2D eigenvalue weighted by atomic mass is 10.1. The summed E-state index contributed by atoms with van der Waals surface area (Å²) in [4.78, 5) is 24.3. The Hall–Kier alpha value is -1.90. The predicted molar refractivity (Wildman–Crippen MR) is 77.2 cm³/mol. The average Bonchev–Trinajstić information content (AvgIpc) is 2.98. The molecule has 1 atom stereocenters. The van der Waals surface area contributed by atoms with Crippen LogP contribution in [0.5, 0.6) is 0 Å². The highest BCUT2D eigenvalue weighted by atomic mass is 35.5.